The predicted molar refractivity (Wildman–Crippen MR) is 103 cm³/mol. The Morgan fingerprint density at radius 1 is 1.27 bits per heavy atom. The third kappa shape index (κ3) is 5.47. The van der Waals surface area contributed by atoms with Crippen LogP contribution in [0.4, 0.5) is 11.4 Å². The molecule has 0 spiro atoms. The van der Waals surface area contributed by atoms with E-state index < -0.39 is 4.92 Å². The number of nitrogens with one attached hydrogen (secondary N) is 1. The summed E-state index contributed by atoms with van der Waals surface area (Å²) in [4.78, 5) is 25.9. The van der Waals surface area contributed by atoms with Gasteiger partial charge in [0.2, 0.25) is 5.91 Å². The zero-order valence-corrected chi connectivity index (χ0v) is 15.7. The average Bonchev–Trinajstić information content (AvgIpc) is 2.62. The molecule has 0 aliphatic rings. The third-order valence-electron chi connectivity index (χ3n) is 3.70. The maximum Gasteiger partial charge on any atom is 0.296 e. The smallest absolute Gasteiger partial charge is 0.296 e. The molecule has 0 fully saturated rings. The molecule has 0 saturated carbocycles. The van der Waals surface area contributed by atoms with Crippen molar-refractivity contribution in [3.8, 4) is 5.75 Å². The molecule has 0 atom stereocenters. The fourth-order valence-corrected chi connectivity index (χ4v) is 2.84. The van der Waals surface area contributed by atoms with Crippen molar-refractivity contribution in [3.63, 3.8) is 0 Å². The van der Waals surface area contributed by atoms with Crippen molar-refractivity contribution in [2.45, 2.75) is 11.4 Å². The van der Waals surface area contributed by atoms with E-state index in [1.165, 1.54) is 24.1 Å². The van der Waals surface area contributed by atoms with Gasteiger partial charge in [-0.15, -0.1) is 11.8 Å². The van der Waals surface area contributed by atoms with E-state index in [4.69, 9.17) is 4.74 Å². The van der Waals surface area contributed by atoms with Gasteiger partial charge in [-0.25, -0.2) is 0 Å². The number of hydrogen-bond donors (Lipinski definition) is 1. The zero-order valence-electron chi connectivity index (χ0n) is 14.9. The Kier molecular flexibility index (Phi) is 6.99. The lowest BCUT2D eigenvalue weighted by Crippen LogP contribution is -2.30. The Labute approximate surface area is 156 Å². The zero-order chi connectivity index (χ0) is 19.1. The minimum Gasteiger partial charge on any atom is -0.496 e. The van der Waals surface area contributed by atoms with Crippen molar-refractivity contribution < 1.29 is 14.5 Å². The molecule has 1 amide bonds. The number of rotatable bonds is 8. The van der Waals surface area contributed by atoms with E-state index >= 15 is 0 Å². The van der Waals surface area contributed by atoms with Gasteiger partial charge in [-0.3, -0.25) is 19.8 Å². The number of ether oxygens (including phenoxy) is 1. The van der Waals surface area contributed by atoms with Crippen LogP contribution < -0.4 is 10.1 Å². The number of carbonyl (C=O) groups is 1. The molecule has 2 rings (SSSR count). The minimum absolute atomic E-state index is 0.119. The van der Waals surface area contributed by atoms with Crippen molar-refractivity contribution in [2.24, 2.45) is 0 Å². The summed E-state index contributed by atoms with van der Waals surface area (Å²) in [5.41, 5.74) is 1.04. The molecule has 0 aliphatic carbocycles. The third-order valence-corrected chi connectivity index (χ3v) is 4.44. The van der Waals surface area contributed by atoms with Crippen molar-refractivity contribution >= 4 is 29.0 Å². The first kappa shape index (κ1) is 19.7. The summed E-state index contributed by atoms with van der Waals surface area (Å²) < 4.78 is 4.99. The maximum atomic E-state index is 12.2. The second-order valence-electron chi connectivity index (χ2n) is 5.71. The Hall–Kier alpha value is -2.58. The molecule has 0 heterocycles. The normalized spacial score (nSPS) is 10.6. The van der Waals surface area contributed by atoms with Crippen molar-refractivity contribution in [2.75, 3.05) is 32.3 Å². The molecular formula is C18H21N3O4S. The molecule has 7 nitrogen and oxygen atoms in total. The van der Waals surface area contributed by atoms with Crippen molar-refractivity contribution in [1.29, 1.82) is 0 Å². The van der Waals surface area contributed by atoms with Gasteiger partial charge in [-0.05, 0) is 43.1 Å². The summed E-state index contributed by atoms with van der Waals surface area (Å²) in [6.07, 6.45) is 2.02. The van der Waals surface area contributed by atoms with E-state index in [9.17, 15) is 14.9 Å². The van der Waals surface area contributed by atoms with Crippen LogP contribution in [-0.2, 0) is 11.3 Å². The number of nitro groups is 1. The highest BCUT2D eigenvalue weighted by atomic mass is 32.2. The minimum atomic E-state index is -0.546. The van der Waals surface area contributed by atoms with Gasteiger partial charge in [-0.2, -0.15) is 0 Å². The summed E-state index contributed by atoms with van der Waals surface area (Å²) in [6, 6.07) is 12.4. The van der Waals surface area contributed by atoms with Gasteiger partial charge in [0.1, 0.15) is 11.4 Å². The number of amides is 1. The molecule has 0 saturated heterocycles. The number of carbonyl (C=O) groups excluding carboxylic acids is 1. The van der Waals surface area contributed by atoms with Gasteiger partial charge in [-0.1, -0.05) is 12.1 Å². The van der Waals surface area contributed by atoms with Gasteiger partial charge in [0, 0.05) is 11.4 Å². The van der Waals surface area contributed by atoms with Crippen LogP contribution in [0.1, 0.15) is 5.56 Å². The number of likely N-dealkylation sites (N-methyl/N-ethyl adjacent to an activating group) is 1. The molecule has 26 heavy (non-hydrogen) atoms. The summed E-state index contributed by atoms with van der Waals surface area (Å²) in [6.45, 7) is 0.722. The quantitative estimate of drug-likeness (QED) is 0.432. The highest BCUT2D eigenvalue weighted by Gasteiger charge is 2.18. The number of thioether (sulfide) groups is 1. The lowest BCUT2D eigenvalue weighted by Gasteiger charge is -2.16. The number of hydrogen-bond acceptors (Lipinski definition) is 6. The van der Waals surface area contributed by atoms with Crippen LogP contribution in [0.25, 0.3) is 0 Å². The molecule has 2 aromatic rings. The fourth-order valence-electron chi connectivity index (χ4n) is 2.43. The maximum absolute atomic E-state index is 12.2. The monoisotopic (exact) mass is 375 g/mol. The van der Waals surface area contributed by atoms with E-state index in [-0.39, 0.29) is 23.8 Å². The molecule has 0 aliphatic heterocycles. The second kappa shape index (κ2) is 9.21. The molecule has 0 aromatic heterocycles. The molecule has 0 bridgehead atoms. The van der Waals surface area contributed by atoms with Gasteiger partial charge in [0.05, 0.1) is 24.6 Å². The molecule has 1 N–H and O–H groups in total. The first-order chi connectivity index (χ1) is 12.4. The van der Waals surface area contributed by atoms with Gasteiger partial charge < -0.3 is 10.1 Å². The first-order valence-corrected chi connectivity index (χ1v) is 9.09. The topological polar surface area (TPSA) is 84.7 Å². The standard InChI is InChI=1S/C18H21N3O4S/c1-20(11-13-4-7-15(26-3)8-5-13)12-18(22)19-16-9-6-14(25-2)10-17(16)21(23)24/h4-10H,11-12H2,1-3H3,(H,19,22). The molecule has 138 valence electrons. The van der Waals surface area contributed by atoms with Crippen LogP contribution >= 0.6 is 11.8 Å². The SMILES string of the molecule is COc1ccc(NC(=O)CN(C)Cc2ccc(SC)cc2)c([N+](=O)[O-])c1. The van der Waals surface area contributed by atoms with Crippen LogP contribution in [0, 0.1) is 10.1 Å². The number of nitrogens with zero attached hydrogens (tertiary/aromatic N) is 2. The Morgan fingerprint density at radius 3 is 2.54 bits per heavy atom. The Bertz CT molecular complexity index is 781. The lowest BCUT2D eigenvalue weighted by atomic mass is 10.2. The second-order valence-corrected chi connectivity index (χ2v) is 6.59. The van der Waals surface area contributed by atoms with Crippen molar-refractivity contribution in [3.05, 3.63) is 58.1 Å². The Balaban J connectivity index is 1.98. The lowest BCUT2D eigenvalue weighted by molar-refractivity contribution is -0.384. The van der Waals surface area contributed by atoms with Gasteiger partial charge in [0.15, 0.2) is 0 Å². The summed E-state index contributed by atoms with van der Waals surface area (Å²) in [5, 5.41) is 13.8. The van der Waals surface area contributed by atoms with Crippen LogP contribution in [-0.4, -0.2) is 42.7 Å². The molecule has 2 aromatic carbocycles. The number of anilines is 1. The van der Waals surface area contributed by atoms with Crippen LogP contribution in [0.5, 0.6) is 5.75 Å². The fraction of sp³-hybridized carbons (Fsp3) is 0.278. The summed E-state index contributed by atoms with van der Waals surface area (Å²) in [7, 11) is 3.25. The number of methoxy groups -OCH3 is 1. The molecule has 8 heteroatoms. The van der Waals surface area contributed by atoms with E-state index in [2.05, 4.69) is 5.32 Å². The van der Waals surface area contributed by atoms with Crippen molar-refractivity contribution in [1.82, 2.24) is 4.90 Å². The summed E-state index contributed by atoms with van der Waals surface area (Å²) in [5.74, 6) is 0.0435. The first-order valence-electron chi connectivity index (χ1n) is 7.86. The van der Waals surface area contributed by atoms with E-state index in [1.807, 2.05) is 42.5 Å². The highest BCUT2D eigenvalue weighted by Crippen LogP contribution is 2.28. The largest absolute Gasteiger partial charge is 0.496 e. The van der Waals surface area contributed by atoms with E-state index in [0.717, 1.165) is 5.56 Å². The van der Waals surface area contributed by atoms with Crippen LogP contribution in [0.3, 0.4) is 0 Å². The van der Waals surface area contributed by atoms with Gasteiger partial charge >= 0.3 is 0 Å². The van der Waals surface area contributed by atoms with Crippen LogP contribution in [0.2, 0.25) is 0 Å². The number of benzene rings is 2. The molecular weight excluding hydrogens is 354 g/mol. The van der Waals surface area contributed by atoms with E-state index in [0.29, 0.717) is 12.3 Å². The predicted octanol–water partition coefficient (Wildman–Crippen LogP) is 3.40. The Morgan fingerprint density at radius 2 is 1.96 bits per heavy atom. The molecule has 0 radical (unpaired) electrons. The number of nitro benzene ring substituents is 1. The summed E-state index contributed by atoms with van der Waals surface area (Å²) >= 11 is 1.67. The highest BCUT2D eigenvalue weighted by molar-refractivity contribution is 7.98. The van der Waals surface area contributed by atoms with Crippen LogP contribution in [0.15, 0.2) is 47.4 Å². The molecule has 0 unspecified atom stereocenters. The van der Waals surface area contributed by atoms with Gasteiger partial charge in [0.25, 0.3) is 5.69 Å². The average molecular weight is 375 g/mol. The van der Waals surface area contributed by atoms with E-state index in [1.54, 1.807) is 17.8 Å².